The van der Waals surface area contributed by atoms with Gasteiger partial charge in [0, 0.05) is 50.4 Å². The van der Waals surface area contributed by atoms with Gasteiger partial charge < -0.3 is 4.90 Å². The molecule has 0 N–H and O–H groups in total. The molecule has 0 saturated carbocycles. The minimum Gasteiger partial charge on any atom is -0.335 e. The van der Waals surface area contributed by atoms with Crippen LogP contribution in [0.15, 0.2) is 34.6 Å². The van der Waals surface area contributed by atoms with Crippen molar-refractivity contribution in [2.75, 3.05) is 26.2 Å². The van der Waals surface area contributed by atoms with Crippen molar-refractivity contribution in [2.45, 2.75) is 6.54 Å². The van der Waals surface area contributed by atoms with E-state index in [1.807, 2.05) is 10.3 Å². The maximum absolute atomic E-state index is 12.4. The monoisotopic (exact) mass is 394 g/mol. The van der Waals surface area contributed by atoms with Crippen molar-refractivity contribution < 1.29 is 4.79 Å². The summed E-state index contributed by atoms with van der Waals surface area (Å²) in [5.41, 5.74) is 0.724. The topological polar surface area (TPSA) is 57.9 Å². The molecular formula is C16H15ClN4O2S2. The molecule has 0 aromatic carbocycles. The van der Waals surface area contributed by atoms with Crippen molar-refractivity contribution in [2.24, 2.45) is 0 Å². The van der Waals surface area contributed by atoms with E-state index in [4.69, 9.17) is 11.6 Å². The lowest BCUT2D eigenvalue weighted by molar-refractivity contribution is 0.0632. The maximum atomic E-state index is 12.4. The van der Waals surface area contributed by atoms with Crippen LogP contribution in [0.2, 0.25) is 4.34 Å². The molecule has 130 valence electrons. The zero-order chi connectivity index (χ0) is 17.4. The Kier molecular flexibility index (Phi) is 4.60. The summed E-state index contributed by atoms with van der Waals surface area (Å²) in [6.45, 7) is 3.46. The highest BCUT2D eigenvalue weighted by atomic mass is 35.5. The number of rotatable bonds is 3. The van der Waals surface area contributed by atoms with Gasteiger partial charge in [-0.05, 0) is 12.1 Å². The number of hydrogen-bond donors (Lipinski definition) is 0. The molecule has 0 radical (unpaired) electrons. The summed E-state index contributed by atoms with van der Waals surface area (Å²) in [7, 11) is 0. The lowest BCUT2D eigenvalue weighted by Crippen LogP contribution is -2.48. The Balaban J connectivity index is 1.40. The summed E-state index contributed by atoms with van der Waals surface area (Å²) in [5.74, 6) is 0.0351. The van der Waals surface area contributed by atoms with Gasteiger partial charge in [-0.1, -0.05) is 11.6 Å². The van der Waals surface area contributed by atoms with E-state index in [0.29, 0.717) is 33.8 Å². The molecule has 1 amide bonds. The number of thiazole rings is 1. The van der Waals surface area contributed by atoms with Gasteiger partial charge in [0.25, 0.3) is 11.5 Å². The van der Waals surface area contributed by atoms with Crippen LogP contribution in [0.3, 0.4) is 0 Å². The molecule has 4 heterocycles. The molecule has 1 saturated heterocycles. The number of piperazine rings is 1. The smallest absolute Gasteiger partial charge is 0.264 e. The number of aromatic nitrogens is 2. The van der Waals surface area contributed by atoms with Gasteiger partial charge in [0.15, 0.2) is 4.96 Å². The lowest BCUT2D eigenvalue weighted by Gasteiger charge is -2.34. The molecule has 6 nitrogen and oxygen atoms in total. The van der Waals surface area contributed by atoms with E-state index < -0.39 is 0 Å². The van der Waals surface area contributed by atoms with Crippen LogP contribution in [0.5, 0.6) is 0 Å². The van der Waals surface area contributed by atoms with Gasteiger partial charge in [-0.25, -0.2) is 4.98 Å². The van der Waals surface area contributed by atoms with Crippen molar-refractivity contribution in [3.63, 3.8) is 0 Å². The summed E-state index contributed by atoms with van der Waals surface area (Å²) in [5, 5.41) is 1.86. The Labute approximate surface area is 156 Å². The van der Waals surface area contributed by atoms with Crippen LogP contribution in [0, 0.1) is 0 Å². The Morgan fingerprint density at radius 3 is 2.76 bits per heavy atom. The van der Waals surface area contributed by atoms with Crippen molar-refractivity contribution in [3.8, 4) is 0 Å². The van der Waals surface area contributed by atoms with E-state index in [9.17, 15) is 9.59 Å². The lowest BCUT2D eigenvalue weighted by atomic mass is 10.2. The molecule has 0 aliphatic carbocycles. The number of fused-ring (bicyclic) bond motifs is 1. The van der Waals surface area contributed by atoms with E-state index in [-0.39, 0.29) is 11.5 Å². The highest BCUT2D eigenvalue weighted by Gasteiger charge is 2.23. The van der Waals surface area contributed by atoms with Crippen molar-refractivity contribution >= 4 is 45.1 Å². The molecule has 4 rings (SSSR count). The number of amides is 1. The Morgan fingerprint density at radius 2 is 2.04 bits per heavy atom. The van der Waals surface area contributed by atoms with Crippen LogP contribution in [-0.2, 0) is 6.54 Å². The van der Waals surface area contributed by atoms with Crippen LogP contribution in [0.1, 0.15) is 15.4 Å². The van der Waals surface area contributed by atoms with Gasteiger partial charge in [-0.15, -0.1) is 22.7 Å². The normalized spacial score (nSPS) is 15.8. The number of carbonyl (C=O) groups is 1. The molecule has 1 aliphatic heterocycles. The third-order valence-corrected chi connectivity index (χ3v) is 6.16. The van der Waals surface area contributed by atoms with Crippen LogP contribution >= 0.6 is 34.3 Å². The second-order valence-electron chi connectivity index (χ2n) is 5.81. The fraction of sp³-hybridized carbons (Fsp3) is 0.312. The first-order valence-electron chi connectivity index (χ1n) is 7.83. The number of carbonyl (C=O) groups excluding carboxylic acids is 1. The van der Waals surface area contributed by atoms with Crippen LogP contribution in [0.25, 0.3) is 4.96 Å². The Morgan fingerprint density at radius 1 is 1.24 bits per heavy atom. The minimum atomic E-state index is -0.0513. The molecule has 0 spiro atoms. The predicted molar refractivity (Wildman–Crippen MR) is 99.8 cm³/mol. The molecule has 3 aromatic rings. The quantitative estimate of drug-likeness (QED) is 0.684. The maximum Gasteiger partial charge on any atom is 0.264 e. The summed E-state index contributed by atoms with van der Waals surface area (Å²) in [4.78, 5) is 34.5. The average Bonchev–Trinajstić information content (AvgIpc) is 3.24. The fourth-order valence-electron chi connectivity index (χ4n) is 2.89. The zero-order valence-corrected chi connectivity index (χ0v) is 15.6. The van der Waals surface area contributed by atoms with Crippen LogP contribution in [-0.4, -0.2) is 51.3 Å². The zero-order valence-electron chi connectivity index (χ0n) is 13.2. The van der Waals surface area contributed by atoms with Gasteiger partial charge in [0.05, 0.1) is 14.9 Å². The molecule has 0 bridgehead atoms. The summed E-state index contributed by atoms with van der Waals surface area (Å²) in [6, 6.07) is 5.11. The van der Waals surface area contributed by atoms with Gasteiger partial charge in [-0.2, -0.15) is 0 Å². The van der Waals surface area contributed by atoms with Crippen LogP contribution < -0.4 is 5.56 Å². The Hall–Kier alpha value is -1.74. The largest absolute Gasteiger partial charge is 0.335 e. The first kappa shape index (κ1) is 16.7. The first-order valence-corrected chi connectivity index (χ1v) is 9.90. The second-order valence-corrected chi connectivity index (χ2v) is 8.40. The van der Waals surface area contributed by atoms with Crippen LogP contribution in [0.4, 0.5) is 0 Å². The number of hydrogen-bond acceptors (Lipinski definition) is 6. The van der Waals surface area contributed by atoms with E-state index in [0.717, 1.165) is 18.8 Å². The highest BCUT2D eigenvalue weighted by Crippen LogP contribution is 2.23. The first-order chi connectivity index (χ1) is 12.1. The Bertz CT molecular complexity index is 972. The number of halogens is 1. The summed E-state index contributed by atoms with van der Waals surface area (Å²) < 4.78 is 2.18. The molecule has 25 heavy (non-hydrogen) atoms. The molecule has 3 aromatic heterocycles. The molecule has 0 atom stereocenters. The highest BCUT2D eigenvalue weighted by molar-refractivity contribution is 7.18. The van der Waals surface area contributed by atoms with E-state index >= 15 is 0 Å². The summed E-state index contributed by atoms with van der Waals surface area (Å²) in [6.07, 6.45) is 1.74. The van der Waals surface area contributed by atoms with Crippen molar-refractivity contribution in [1.29, 1.82) is 0 Å². The standard InChI is InChI=1S/C16H15ClN4O2S2/c17-13-2-1-12(25-13)15(23)20-5-3-19(4-6-20)10-11-9-14(22)21-7-8-24-16(21)18-11/h1-2,7-9H,3-6,10H2. The average molecular weight is 395 g/mol. The molecule has 9 heteroatoms. The third-order valence-electron chi connectivity index (χ3n) is 4.19. The van der Waals surface area contributed by atoms with Crippen molar-refractivity contribution in [3.05, 3.63) is 55.0 Å². The number of nitrogens with zero attached hydrogens (tertiary/aromatic N) is 4. The van der Waals surface area contributed by atoms with Gasteiger partial charge in [0.2, 0.25) is 0 Å². The van der Waals surface area contributed by atoms with Gasteiger partial charge in [-0.3, -0.25) is 18.9 Å². The van der Waals surface area contributed by atoms with Crippen molar-refractivity contribution in [1.82, 2.24) is 19.2 Å². The SMILES string of the molecule is O=C(c1ccc(Cl)s1)N1CCN(Cc2cc(=O)n3ccsc3n2)CC1. The number of thiophene rings is 1. The molecule has 1 fully saturated rings. The van der Waals surface area contributed by atoms with Gasteiger partial charge in [0.1, 0.15) is 0 Å². The fourth-order valence-corrected chi connectivity index (χ4v) is 4.64. The summed E-state index contributed by atoms with van der Waals surface area (Å²) >= 11 is 8.67. The third kappa shape index (κ3) is 3.48. The van der Waals surface area contributed by atoms with E-state index in [2.05, 4.69) is 9.88 Å². The van der Waals surface area contributed by atoms with Gasteiger partial charge >= 0.3 is 0 Å². The van der Waals surface area contributed by atoms with E-state index in [1.54, 1.807) is 28.8 Å². The minimum absolute atomic E-state index is 0.0351. The second kappa shape index (κ2) is 6.87. The molecule has 1 aliphatic rings. The molecular weight excluding hydrogens is 380 g/mol. The predicted octanol–water partition coefficient (Wildman–Crippen LogP) is 2.43. The molecule has 0 unspecified atom stereocenters. The van der Waals surface area contributed by atoms with E-state index in [1.165, 1.54) is 22.7 Å².